The standard InChI is InChI=1S/C21H26O6/c1-11-9-20-10-21(11,25)8-7-13(20)12-5-6-14(22)19(2,18(24)27-4)15(12)16(20)17(23)26-3/h5-6,14-16,22,25H,1,7-10H2,2-4H3. The van der Waals surface area contributed by atoms with Gasteiger partial charge in [-0.3, -0.25) is 9.59 Å². The molecule has 6 unspecified atom stereocenters. The van der Waals surface area contributed by atoms with Gasteiger partial charge in [0.1, 0.15) is 5.41 Å². The Balaban J connectivity index is 1.97. The molecule has 2 saturated carbocycles. The third kappa shape index (κ3) is 2.03. The predicted molar refractivity (Wildman–Crippen MR) is 96.3 cm³/mol. The molecule has 4 aliphatic rings. The van der Waals surface area contributed by atoms with Crippen LogP contribution in [-0.4, -0.2) is 48.1 Å². The number of methoxy groups -OCH3 is 2. The second-order valence-corrected chi connectivity index (χ2v) is 8.64. The second-order valence-electron chi connectivity index (χ2n) is 8.64. The Hall–Kier alpha value is -1.92. The van der Waals surface area contributed by atoms with Crippen molar-refractivity contribution in [3.05, 3.63) is 35.5 Å². The number of ether oxygens (including phenoxy) is 2. The zero-order valence-corrected chi connectivity index (χ0v) is 15.9. The fourth-order valence-corrected chi connectivity index (χ4v) is 6.25. The molecule has 0 amide bonds. The highest BCUT2D eigenvalue weighted by molar-refractivity contribution is 5.85. The summed E-state index contributed by atoms with van der Waals surface area (Å²) in [5.74, 6) is -2.23. The zero-order valence-electron chi connectivity index (χ0n) is 15.9. The Labute approximate surface area is 158 Å². The van der Waals surface area contributed by atoms with Crippen LogP contribution in [0, 0.1) is 22.7 Å². The van der Waals surface area contributed by atoms with Crippen molar-refractivity contribution in [1.29, 1.82) is 0 Å². The van der Waals surface area contributed by atoms with E-state index < -0.39 is 46.3 Å². The van der Waals surface area contributed by atoms with E-state index >= 15 is 0 Å². The van der Waals surface area contributed by atoms with E-state index in [0.29, 0.717) is 25.7 Å². The summed E-state index contributed by atoms with van der Waals surface area (Å²) in [4.78, 5) is 25.8. The maximum absolute atomic E-state index is 13.0. The minimum Gasteiger partial charge on any atom is -0.469 e. The molecule has 146 valence electrons. The highest BCUT2D eigenvalue weighted by Crippen LogP contribution is 2.71. The van der Waals surface area contributed by atoms with Gasteiger partial charge < -0.3 is 19.7 Å². The van der Waals surface area contributed by atoms with E-state index in [1.165, 1.54) is 14.2 Å². The Morgan fingerprint density at radius 1 is 1.30 bits per heavy atom. The Morgan fingerprint density at radius 3 is 2.63 bits per heavy atom. The Kier molecular flexibility index (Phi) is 3.79. The SMILES string of the molecule is C=C1CC23CC1(O)CCC2=C1C=CC(O)C(C)(C(=O)OC)C1C3C(=O)OC. The number of fused-ring (bicyclic) bond motifs is 2. The van der Waals surface area contributed by atoms with Gasteiger partial charge in [-0.05, 0) is 43.8 Å². The minimum atomic E-state index is -1.31. The van der Waals surface area contributed by atoms with Crippen molar-refractivity contribution in [2.24, 2.45) is 22.7 Å². The van der Waals surface area contributed by atoms with Crippen LogP contribution in [-0.2, 0) is 19.1 Å². The monoisotopic (exact) mass is 374 g/mol. The molecule has 0 aromatic carbocycles. The number of carbonyl (C=O) groups is 2. The van der Waals surface area contributed by atoms with Crippen molar-refractivity contribution in [2.45, 2.75) is 44.3 Å². The van der Waals surface area contributed by atoms with Gasteiger partial charge >= 0.3 is 11.9 Å². The van der Waals surface area contributed by atoms with E-state index in [4.69, 9.17) is 9.47 Å². The normalized spacial score (nSPS) is 44.8. The average Bonchev–Trinajstić information content (AvgIpc) is 3.03. The van der Waals surface area contributed by atoms with Crippen molar-refractivity contribution in [3.63, 3.8) is 0 Å². The molecule has 4 aliphatic carbocycles. The number of aliphatic hydroxyl groups is 2. The molecule has 0 heterocycles. The number of esters is 2. The molecule has 0 aliphatic heterocycles. The molecular weight excluding hydrogens is 348 g/mol. The molecule has 0 radical (unpaired) electrons. The summed E-state index contributed by atoms with van der Waals surface area (Å²) in [5.41, 5.74) is -0.201. The van der Waals surface area contributed by atoms with E-state index in [0.717, 1.165) is 16.7 Å². The maximum Gasteiger partial charge on any atom is 0.315 e. The summed E-state index contributed by atoms with van der Waals surface area (Å²) in [7, 11) is 2.62. The van der Waals surface area contributed by atoms with Gasteiger partial charge in [0.2, 0.25) is 0 Å². The third-order valence-corrected chi connectivity index (χ3v) is 7.60. The van der Waals surface area contributed by atoms with Crippen LogP contribution < -0.4 is 0 Å². The molecule has 4 rings (SSSR count). The van der Waals surface area contributed by atoms with Crippen LogP contribution in [0.3, 0.4) is 0 Å². The molecule has 2 bridgehead atoms. The lowest BCUT2D eigenvalue weighted by Gasteiger charge is -2.44. The number of aliphatic hydroxyl groups excluding tert-OH is 1. The summed E-state index contributed by atoms with van der Waals surface area (Å²) in [6.45, 7) is 5.73. The van der Waals surface area contributed by atoms with Gasteiger partial charge in [-0.1, -0.05) is 24.3 Å². The molecule has 27 heavy (non-hydrogen) atoms. The van der Waals surface area contributed by atoms with Crippen molar-refractivity contribution in [3.8, 4) is 0 Å². The van der Waals surface area contributed by atoms with Gasteiger partial charge in [0, 0.05) is 11.3 Å². The molecule has 0 aromatic heterocycles. The first-order valence-corrected chi connectivity index (χ1v) is 9.32. The summed E-state index contributed by atoms with van der Waals surface area (Å²) in [6, 6.07) is 0. The van der Waals surface area contributed by atoms with Crippen molar-refractivity contribution in [2.75, 3.05) is 14.2 Å². The van der Waals surface area contributed by atoms with E-state index in [-0.39, 0.29) is 0 Å². The fraction of sp³-hybridized carbons (Fsp3) is 0.619. The topological polar surface area (TPSA) is 93.1 Å². The summed E-state index contributed by atoms with van der Waals surface area (Å²) in [6.07, 6.45) is 4.44. The number of hydrogen-bond donors (Lipinski definition) is 2. The van der Waals surface area contributed by atoms with E-state index in [1.54, 1.807) is 13.0 Å². The largest absolute Gasteiger partial charge is 0.469 e. The Morgan fingerprint density at radius 2 is 2.00 bits per heavy atom. The van der Waals surface area contributed by atoms with Gasteiger partial charge in [0.15, 0.2) is 0 Å². The molecule has 6 nitrogen and oxygen atoms in total. The van der Waals surface area contributed by atoms with Gasteiger partial charge in [-0.25, -0.2) is 0 Å². The number of rotatable bonds is 2. The Bertz CT molecular complexity index is 809. The van der Waals surface area contributed by atoms with Crippen molar-refractivity contribution < 1.29 is 29.3 Å². The highest BCUT2D eigenvalue weighted by Gasteiger charge is 2.70. The first-order chi connectivity index (χ1) is 12.7. The molecule has 0 saturated heterocycles. The van der Waals surface area contributed by atoms with E-state index in [2.05, 4.69) is 6.58 Å². The van der Waals surface area contributed by atoms with Crippen LogP contribution in [0.2, 0.25) is 0 Å². The molecule has 0 aromatic rings. The maximum atomic E-state index is 13.0. The van der Waals surface area contributed by atoms with Crippen LogP contribution in [0.15, 0.2) is 35.5 Å². The number of carbonyl (C=O) groups excluding carboxylic acids is 2. The lowest BCUT2D eigenvalue weighted by atomic mass is 9.59. The number of allylic oxidation sites excluding steroid dienone is 3. The molecule has 6 heteroatoms. The van der Waals surface area contributed by atoms with Gasteiger partial charge in [-0.15, -0.1) is 0 Å². The quantitative estimate of drug-likeness (QED) is 0.564. The molecule has 1 spiro atoms. The molecule has 2 N–H and O–H groups in total. The third-order valence-electron chi connectivity index (χ3n) is 7.60. The highest BCUT2D eigenvalue weighted by atomic mass is 16.5. The van der Waals surface area contributed by atoms with Crippen LogP contribution in [0.25, 0.3) is 0 Å². The van der Waals surface area contributed by atoms with Gasteiger partial charge in [-0.2, -0.15) is 0 Å². The molecule has 6 atom stereocenters. The van der Waals surface area contributed by atoms with Crippen LogP contribution in [0.5, 0.6) is 0 Å². The fourth-order valence-electron chi connectivity index (χ4n) is 6.25. The summed E-state index contributed by atoms with van der Waals surface area (Å²) < 4.78 is 10.2. The summed E-state index contributed by atoms with van der Waals surface area (Å²) >= 11 is 0. The van der Waals surface area contributed by atoms with Crippen LogP contribution in [0.4, 0.5) is 0 Å². The minimum absolute atomic E-state index is 0.398. The van der Waals surface area contributed by atoms with E-state index in [1.807, 2.05) is 6.08 Å². The zero-order chi connectivity index (χ0) is 19.8. The first kappa shape index (κ1) is 18.4. The predicted octanol–water partition coefficient (Wildman–Crippen LogP) is 1.67. The number of hydrogen-bond acceptors (Lipinski definition) is 6. The van der Waals surface area contributed by atoms with Gasteiger partial charge in [0.25, 0.3) is 0 Å². The van der Waals surface area contributed by atoms with E-state index in [9.17, 15) is 19.8 Å². The summed E-state index contributed by atoms with van der Waals surface area (Å²) in [5, 5.41) is 21.8. The smallest absolute Gasteiger partial charge is 0.315 e. The van der Waals surface area contributed by atoms with Crippen LogP contribution in [0.1, 0.15) is 32.6 Å². The molecule has 2 fully saturated rings. The van der Waals surface area contributed by atoms with Crippen LogP contribution >= 0.6 is 0 Å². The lowest BCUT2D eigenvalue weighted by Crippen LogP contribution is -2.53. The van der Waals surface area contributed by atoms with Gasteiger partial charge in [0.05, 0.1) is 31.8 Å². The molecular formula is C21H26O6. The lowest BCUT2D eigenvalue weighted by molar-refractivity contribution is -0.168. The first-order valence-electron chi connectivity index (χ1n) is 9.32. The van der Waals surface area contributed by atoms with Crippen molar-refractivity contribution >= 4 is 11.9 Å². The average molecular weight is 374 g/mol. The second kappa shape index (κ2) is 5.55. The van der Waals surface area contributed by atoms with Crippen molar-refractivity contribution in [1.82, 2.24) is 0 Å².